The fraction of sp³-hybridized carbons (Fsp3) is 0.182. The van der Waals surface area contributed by atoms with Gasteiger partial charge in [0.05, 0.1) is 0 Å². The monoisotopic (exact) mass is 437 g/mol. The topological polar surface area (TPSA) is 64.1 Å². The Morgan fingerprint density at radius 3 is 2.77 bits per heavy atom. The van der Waals surface area contributed by atoms with Crippen LogP contribution in [0.2, 0.25) is 0 Å². The van der Waals surface area contributed by atoms with Crippen molar-refractivity contribution in [3.05, 3.63) is 76.2 Å². The van der Waals surface area contributed by atoms with E-state index in [1.807, 2.05) is 45.8 Å². The molecule has 0 aliphatic heterocycles. The Kier molecular flexibility index (Phi) is 6.85. The van der Waals surface area contributed by atoms with E-state index in [4.69, 9.17) is 16.3 Å². The first kappa shape index (κ1) is 21.9. The number of carbonyl (C=O) groups is 1. The van der Waals surface area contributed by atoms with Crippen LogP contribution >= 0.6 is 22.9 Å². The normalized spacial score (nSPS) is 12.0. The van der Waals surface area contributed by atoms with Crippen LogP contribution in [0.25, 0.3) is 15.7 Å². The summed E-state index contributed by atoms with van der Waals surface area (Å²) in [5, 5.41) is 3.74. The van der Waals surface area contributed by atoms with Crippen molar-refractivity contribution in [3.8, 4) is 0 Å². The molecule has 0 radical (unpaired) electrons. The number of aromatic nitrogens is 2. The molecule has 1 N–H and O–H groups in total. The van der Waals surface area contributed by atoms with Crippen LogP contribution in [0.4, 0.5) is 5.13 Å². The molecule has 0 aliphatic carbocycles. The summed E-state index contributed by atoms with van der Waals surface area (Å²) >= 11 is 7.49. The van der Waals surface area contributed by atoms with Gasteiger partial charge in [-0.3, -0.25) is 0 Å². The molecule has 152 valence electrons. The molecule has 0 saturated carbocycles. The second kappa shape index (κ2) is 9.37. The molecular weight excluding hydrogens is 417 g/mol. The van der Waals surface area contributed by atoms with Gasteiger partial charge in [-0.25, -0.2) is 0 Å². The Balaban J connectivity index is 2.04. The Hall–Kier alpha value is -2.77. The Bertz CT molecular complexity index is 1200. The third kappa shape index (κ3) is 4.86. The number of pyridine rings is 1. The Labute approximate surface area is 185 Å². The second-order valence-corrected chi connectivity index (χ2v) is 8.19. The zero-order valence-electron chi connectivity index (χ0n) is 17.2. The summed E-state index contributed by atoms with van der Waals surface area (Å²) in [6.07, 6.45) is 5.02. The number of halogens is 1. The van der Waals surface area contributed by atoms with Gasteiger partial charge in [0.1, 0.15) is 0 Å². The summed E-state index contributed by atoms with van der Waals surface area (Å²) in [7, 11) is 1.57. The van der Waals surface area contributed by atoms with Gasteiger partial charge >= 0.3 is 185 Å². The SMILES string of the molecule is C=C(Cl)/C=C(\C(=CC)OC)c1cc(C)ncc1C(=O)Nc1nc2bcc(C)cc2s1. The van der Waals surface area contributed by atoms with Gasteiger partial charge in [-0.05, 0) is 0 Å². The van der Waals surface area contributed by atoms with Gasteiger partial charge in [-0.1, -0.05) is 0 Å². The Morgan fingerprint density at radius 2 is 2.10 bits per heavy atom. The van der Waals surface area contributed by atoms with Crippen LogP contribution in [-0.4, -0.2) is 29.9 Å². The molecule has 0 aromatic carbocycles. The third-order valence-electron chi connectivity index (χ3n) is 4.39. The van der Waals surface area contributed by atoms with Crippen LogP contribution in [0.15, 0.2) is 53.8 Å². The molecule has 0 aliphatic rings. The number of hydrogen-bond donors (Lipinski definition) is 1. The van der Waals surface area contributed by atoms with Gasteiger partial charge < -0.3 is 0 Å². The van der Waals surface area contributed by atoms with Gasteiger partial charge in [-0.15, -0.1) is 0 Å². The zero-order valence-corrected chi connectivity index (χ0v) is 18.8. The number of carbonyl (C=O) groups excluding carboxylic acids is 1. The second-order valence-electron chi connectivity index (χ2n) is 6.68. The van der Waals surface area contributed by atoms with Gasteiger partial charge in [0.25, 0.3) is 0 Å². The van der Waals surface area contributed by atoms with E-state index < -0.39 is 0 Å². The molecule has 0 spiro atoms. The van der Waals surface area contributed by atoms with Crippen molar-refractivity contribution in [1.82, 2.24) is 9.97 Å². The van der Waals surface area contributed by atoms with E-state index in [1.165, 1.54) is 11.3 Å². The molecule has 1 amide bonds. The summed E-state index contributed by atoms with van der Waals surface area (Å²) in [6.45, 7) is 11.4. The fourth-order valence-corrected chi connectivity index (χ4v) is 4.10. The molecule has 3 rings (SSSR count). The van der Waals surface area contributed by atoms with Crippen molar-refractivity contribution in [1.29, 1.82) is 0 Å². The van der Waals surface area contributed by atoms with Crippen molar-refractivity contribution < 1.29 is 9.53 Å². The molecule has 0 fully saturated rings. The van der Waals surface area contributed by atoms with Crippen LogP contribution in [0.1, 0.15) is 34.1 Å². The van der Waals surface area contributed by atoms with Crippen molar-refractivity contribution in [3.63, 3.8) is 0 Å². The molecule has 3 heterocycles. The van der Waals surface area contributed by atoms with Crippen molar-refractivity contribution in [2.75, 3.05) is 12.4 Å². The number of amides is 1. The maximum atomic E-state index is 13.2. The van der Waals surface area contributed by atoms with Crippen molar-refractivity contribution in [2.24, 2.45) is 0 Å². The molecule has 0 unspecified atom stereocenters. The summed E-state index contributed by atoms with van der Waals surface area (Å²) in [5.74, 6) is 2.26. The van der Waals surface area contributed by atoms with Crippen molar-refractivity contribution in [2.45, 2.75) is 20.8 Å². The first-order chi connectivity index (χ1) is 14.3. The quantitative estimate of drug-likeness (QED) is 0.403. The predicted molar refractivity (Wildman–Crippen MR) is 126 cm³/mol. The number of allylic oxidation sites excluding steroid dienone is 4. The molecule has 0 atom stereocenters. The molecule has 8 heteroatoms. The molecule has 0 bridgehead atoms. The maximum absolute atomic E-state index is 13.2. The molecule has 3 aromatic rings. The fourth-order valence-electron chi connectivity index (χ4n) is 3.03. The van der Waals surface area contributed by atoms with E-state index in [0.717, 1.165) is 21.4 Å². The number of fused-ring (bicyclic) bond motifs is 1. The average molecular weight is 438 g/mol. The van der Waals surface area contributed by atoms with Gasteiger partial charge in [-0.2, -0.15) is 0 Å². The number of anilines is 1. The molecule has 3 aromatic heterocycles. The number of thiazole rings is 1. The molecule has 5 nitrogen and oxygen atoms in total. The molecule has 30 heavy (non-hydrogen) atoms. The number of ether oxygens (including phenoxy) is 1. The van der Waals surface area contributed by atoms with E-state index in [0.29, 0.717) is 32.6 Å². The van der Waals surface area contributed by atoms with Crippen LogP contribution in [-0.2, 0) is 4.74 Å². The Morgan fingerprint density at radius 1 is 1.33 bits per heavy atom. The van der Waals surface area contributed by atoms with E-state index in [2.05, 4.69) is 21.9 Å². The molecular formula is C22H21BClN3O2S. The van der Waals surface area contributed by atoms with Crippen LogP contribution in [0.3, 0.4) is 0 Å². The average Bonchev–Trinajstić information content (AvgIpc) is 3.08. The summed E-state index contributed by atoms with van der Waals surface area (Å²) in [5.41, 5.74) is 4.43. The summed E-state index contributed by atoms with van der Waals surface area (Å²) < 4.78 is 6.51. The third-order valence-corrected chi connectivity index (χ3v) is 5.43. The number of aryl methyl sites for hydroxylation is 2. The van der Waals surface area contributed by atoms with Gasteiger partial charge in [0, 0.05) is 0 Å². The number of hydrogen-bond acceptors (Lipinski definition) is 5. The number of nitrogens with zero attached hydrogens (tertiary/aromatic N) is 2. The van der Waals surface area contributed by atoms with E-state index >= 15 is 0 Å². The zero-order chi connectivity index (χ0) is 21.8. The minimum atomic E-state index is -0.314. The van der Waals surface area contributed by atoms with E-state index in [-0.39, 0.29) is 5.91 Å². The van der Waals surface area contributed by atoms with E-state index in [9.17, 15) is 4.79 Å². The van der Waals surface area contributed by atoms with E-state index in [1.54, 1.807) is 25.5 Å². The van der Waals surface area contributed by atoms with Crippen LogP contribution in [0, 0.1) is 13.8 Å². The van der Waals surface area contributed by atoms with Gasteiger partial charge in [0.2, 0.25) is 0 Å². The molecule has 0 saturated heterocycles. The number of methoxy groups -OCH3 is 1. The first-order valence-electron chi connectivity index (χ1n) is 9.24. The predicted octanol–water partition coefficient (Wildman–Crippen LogP) is 5.58. The van der Waals surface area contributed by atoms with Gasteiger partial charge in [0.15, 0.2) is 0 Å². The number of rotatable bonds is 6. The number of nitrogens with one attached hydrogen (secondary N) is 1. The standard InChI is InChI=1S/C22H21BClN3O2S/c1-6-18(29-5)16(8-13(3)24)15-9-14(4)25-11-17(15)21(28)27-22-26-20-19(30-22)7-12(2)10-23-20/h6-11H,3H2,1-2,4-5H3,(H,26,27,28)/b16-8-,18-6?. The first-order valence-corrected chi connectivity index (χ1v) is 10.4. The van der Waals surface area contributed by atoms with Crippen LogP contribution < -0.4 is 5.32 Å². The summed E-state index contributed by atoms with van der Waals surface area (Å²) in [4.78, 5) is 22.0. The summed E-state index contributed by atoms with van der Waals surface area (Å²) in [6, 6.07) is 3.87. The van der Waals surface area contributed by atoms with Crippen LogP contribution in [0.5, 0.6) is 0 Å². The van der Waals surface area contributed by atoms with Crippen molar-refractivity contribution >= 4 is 56.6 Å². The minimum absolute atomic E-state index is 0.314.